The van der Waals surface area contributed by atoms with E-state index in [0.29, 0.717) is 30.2 Å². The van der Waals surface area contributed by atoms with Crippen molar-refractivity contribution in [2.24, 2.45) is 0 Å². The third-order valence-electron chi connectivity index (χ3n) is 2.74. The minimum Gasteiger partial charge on any atom is -0.370 e. The molecule has 0 amide bonds. The number of hydrogen-bond donors (Lipinski definition) is 3. The first-order valence-corrected chi connectivity index (χ1v) is 6.64. The van der Waals surface area contributed by atoms with E-state index in [1.54, 1.807) is 6.07 Å². The molecule has 21 heavy (non-hydrogen) atoms. The Labute approximate surface area is 121 Å². The fourth-order valence-electron chi connectivity index (χ4n) is 1.92. The molecule has 0 saturated carbocycles. The first-order chi connectivity index (χ1) is 10.1. The molecule has 0 spiro atoms. The van der Waals surface area contributed by atoms with Crippen LogP contribution in [-0.4, -0.2) is 23.1 Å². The number of benzene rings is 1. The molecule has 0 unspecified atom stereocenters. The van der Waals surface area contributed by atoms with Crippen LogP contribution in [0.5, 0.6) is 0 Å². The molecule has 5 nitrogen and oxygen atoms in total. The Bertz CT molecular complexity index is 598. The Kier molecular flexibility index (Phi) is 4.86. The van der Waals surface area contributed by atoms with Gasteiger partial charge in [-0.2, -0.15) is 9.97 Å². The van der Waals surface area contributed by atoms with Gasteiger partial charge >= 0.3 is 0 Å². The van der Waals surface area contributed by atoms with Crippen molar-refractivity contribution < 1.29 is 8.78 Å². The summed E-state index contributed by atoms with van der Waals surface area (Å²) in [4.78, 5) is 8.08. The molecule has 0 radical (unpaired) electrons. The fourth-order valence-corrected chi connectivity index (χ4v) is 1.92. The van der Waals surface area contributed by atoms with E-state index in [1.807, 2.05) is 6.92 Å². The molecule has 0 saturated heterocycles. The van der Waals surface area contributed by atoms with Gasteiger partial charge in [0.2, 0.25) is 5.95 Å². The fraction of sp³-hybridized carbons (Fsp3) is 0.286. The van der Waals surface area contributed by atoms with Crippen molar-refractivity contribution in [1.29, 1.82) is 0 Å². The largest absolute Gasteiger partial charge is 0.370 e. The quantitative estimate of drug-likeness (QED) is 0.762. The third-order valence-corrected chi connectivity index (χ3v) is 2.74. The van der Waals surface area contributed by atoms with E-state index < -0.39 is 11.6 Å². The van der Waals surface area contributed by atoms with Gasteiger partial charge in [0, 0.05) is 25.2 Å². The molecule has 0 aliphatic rings. The van der Waals surface area contributed by atoms with Crippen LogP contribution in [0.3, 0.4) is 0 Å². The summed E-state index contributed by atoms with van der Waals surface area (Å²) in [7, 11) is 0. The van der Waals surface area contributed by atoms with Gasteiger partial charge in [-0.25, -0.2) is 8.78 Å². The molecular formula is C14H17F2N5. The van der Waals surface area contributed by atoms with Crippen molar-refractivity contribution in [3.8, 4) is 0 Å². The molecule has 0 fully saturated rings. The average Bonchev–Trinajstić information content (AvgIpc) is 2.37. The predicted octanol–water partition coefficient (Wildman–Crippen LogP) is 2.42. The number of nitrogen functional groups attached to an aromatic ring is 1. The lowest BCUT2D eigenvalue weighted by molar-refractivity contribution is 0.580. The topological polar surface area (TPSA) is 75.9 Å². The van der Waals surface area contributed by atoms with Crippen LogP contribution in [-0.2, 0) is 6.42 Å². The highest BCUT2D eigenvalue weighted by atomic mass is 19.1. The van der Waals surface area contributed by atoms with Crippen molar-refractivity contribution in [3.63, 3.8) is 0 Å². The van der Waals surface area contributed by atoms with Crippen LogP contribution in [0.4, 0.5) is 26.4 Å². The van der Waals surface area contributed by atoms with E-state index in [2.05, 4.69) is 20.6 Å². The second-order valence-corrected chi connectivity index (χ2v) is 4.48. The predicted molar refractivity (Wildman–Crippen MR) is 79.2 cm³/mol. The van der Waals surface area contributed by atoms with E-state index in [0.717, 1.165) is 12.6 Å². The standard InChI is InChI=1S/C14H17F2N5/c1-2-18-12-8-13(21-14(17)20-12)19-4-3-9-5-10(15)7-11(16)6-9/h5-8H,2-4H2,1H3,(H4,17,18,19,20,21). The van der Waals surface area contributed by atoms with Gasteiger partial charge in [0.25, 0.3) is 0 Å². The summed E-state index contributed by atoms with van der Waals surface area (Å²) >= 11 is 0. The SMILES string of the molecule is CCNc1cc(NCCc2cc(F)cc(F)c2)nc(N)n1. The minimum atomic E-state index is -0.578. The van der Waals surface area contributed by atoms with Crippen LogP contribution < -0.4 is 16.4 Å². The maximum Gasteiger partial charge on any atom is 0.223 e. The minimum absolute atomic E-state index is 0.160. The number of nitrogens with zero attached hydrogens (tertiary/aromatic N) is 2. The maximum atomic E-state index is 13.1. The number of halogens is 2. The maximum absolute atomic E-state index is 13.1. The van der Waals surface area contributed by atoms with Crippen LogP contribution >= 0.6 is 0 Å². The molecule has 2 aromatic rings. The van der Waals surface area contributed by atoms with E-state index in [9.17, 15) is 8.78 Å². The molecule has 0 aliphatic carbocycles. The average molecular weight is 293 g/mol. The summed E-state index contributed by atoms with van der Waals surface area (Å²) in [6, 6.07) is 5.20. The number of nitrogens with two attached hydrogens (primary N) is 1. The Morgan fingerprint density at radius 3 is 2.24 bits per heavy atom. The lowest BCUT2D eigenvalue weighted by Gasteiger charge is -2.09. The molecule has 1 aromatic heterocycles. The van der Waals surface area contributed by atoms with Crippen molar-refractivity contribution in [2.75, 3.05) is 29.5 Å². The summed E-state index contributed by atoms with van der Waals surface area (Å²) < 4.78 is 26.1. The number of anilines is 3. The van der Waals surface area contributed by atoms with Crippen molar-refractivity contribution in [2.45, 2.75) is 13.3 Å². The zero-order valence-corrected chi connectivity index (χ0v) is 11.7. The Balaban J connectivity index is 1.96. The smallest absolute Gasteiger partial charge is 0.223 e. The van der Waals surface area contributed by atoms with Crippen LogP contribution in [0.25, 0.3) is 0 Å². The van der Waals surface area contributed by atoms with Crippen LogP contribution in [0.2, 0.25) is 0 Å². The molecule has 4 N–H and O–H groups in total. The van der Waals surface area contributed by atoms with Crippen molar-refractivity contribution >= 4 is 17.6 Å². The Morgan fingerprint density at radius 1 is 1.00 bits per heavy atom. The molecule has 2 rings (SSSR count). The third kappa shape index (κ3) is 4.55. The summed E-state index contributed by atoms with van der Waals surface area (Å²) in [5.74, 6) is 0.198. The van der Waals surface area contributed by atoms with Gasteiger partial charge < -0.3 is 16.4 Å². The molecule has 112 valence electrons. The van der Waals surface area contributed by atoms with Gasteiger partial charge in [0.1, 0.15) is 23.3 Å². The zero-order valence-electron chi connectivity index (χ0n) is 11.7. The lowest BCUT2D eigenvalue weighted by Crippen LogP contribution is -2.10. The second-order valence-electron chi connectivity index (χ2n) is 4.48. The number of hydrogen-bond acceptors (Lipinski definition) is 5. The number of rotatable bonds is 6. The van der Waals surface area contributed by atoms with Gasteiger partial charge in [-0.05, 0) is 31.0 Å². The number of aromatic nitrogens is 2. The number of nitrogens with one attached hydrogen (secondary N) is 2. The normalized spacial score (nSPS) is 10.4. The Hall–Kier alpha value is -2.44. The molecule has 1 heterocycles. The van der Waals surface area contributed by atoms with E-state index in [-0.39, 0.29) is 5.95 Å². The highest BCUT2D eigenvalue weighted by molar-refractivity contribution is 5.50. The van der Waals surface area contributed by atoms with Gasteiger partial charge in [-0.3, -0.25) is 0 Å². The van der Waals surface area contributed by atoms with Gasteiger partial charge in [-0.15, -0.1) is 0 Å². The van der Waals surface area contributed by atoms with E-state index in [4.69, 9.17) is 5.73 Å². The van der Waals surface area contributed by atoms with Gasteiger partial charge in [-0.1, -0.05) is 0 Å². The van der Waals surface area contributed by atoms with Crippen LogP contribution in [0.15, 0.2) is 24.3 Å². The summed E-state index contributed by atoms with van der Waals surface area (Å²) in [5.41, 5.74) is 6.19. The Morgan fingerprint density at radius 2 is 1.62 bits per heavy atom. The monoisotopic (exact) mass is 293 g/mol. The summed E-state index contributed by atoms with van der Waals surface area (Å²) in [6.45, 7) is 3.15. The van der Waals surface area contributed by atoms with Gasteiger partial charge in [0.05, 0.1) is 0 Å². The highest BCUT2D eigenvalue weighted by Gasteiger charge is 2.03. The molecular weight excluding hydrogens is 276 g/mol. The molecule has 1 aromatic carbocycles. The van der Waals surface area contributed by atoms with Crippen LogP contribution in [0.1, 0.15) is 12.5 Å². The summed E-state index contributed by atoms with van der Waals surface area (Å²) in [5, 5.41) is 6.10. The first kappa shape index (κ1) is 15.0. The van der Waals surface area contributed by atoms with Gasteiger partial charge in [0.15, 0.2) is 0 Å². The second kappa shape index (κ2) is 6.83. The van der Waals surface area contributed by atoms with E-state index >= 15 is 0 Å². The van der Waals surface area contributed by atoms with Crippen molar-refractivity contribution in [1.82, 2.24) is 9.97 Å². The van der Waals surface area contributed by atoms with E-state index in [1.165, 1.54) is 12.1 Å². The first-order valence-electron chi connectivity index (χ1n) is 6.64. The lowest BCUT2D eigenvalue weighted by atomic mass is 10.1. The van der Waals surface area contributed by atoms with Crippen LogP contribution in [0, 0.1) is 11.6 Å². The molecule has 0 bridgehead atoms. The molecule has 0 aliphatic heterocycles. The van der Waals surface area contributed by atoms with Crippen molar-refractivity contribution in [3.05, 3.63) is 41.5 Å². The molecule has 0 atom stereocenters. The highest BCUT2D eigenvalue weighted by Crippen LogP contribution is 2.13. The summed E-state index contributed by atoms with van der Waals surface area (Å²) in [6.07, 6.45) is 0.467. The zero-order chi connectivity index (χ0) is 15.2. The molecule has 7 heteroatoms.